The van der Waals surface area contributed by atoms with Crippen LogP contribution in [0.25, 0.3) is 0 Å². The Bertz CT molecular complexity index is 839. The van der Waals surface area contributed by atoms with Crippen molar-refractivity contribution in [2.45, 2.75) is 24.2 Å². The number of rotatable bonds is 4. The number of aryl methyl sites for hydroxylation is 1. The quantitative estimate of drug-likeness (QED) is 0.858. The van der Waals surface area contributed by atoms with Gasteiger partial charge in [0, 0.05) is 13.1 Å². The first kappa shape index (κ1) is 16.7. The number of sulfonamides is 1. The summed E-state index contributed by atoms with van der Waals surface area (Å²) in [6.45, 7) is 2.79. The van der Waals surface area contributed by atoms with Gasteiger partial charge in [-0.25, -0.2) is 8.42 Å². The molecule has 24 heavy (non-hydrogen) atoms. The maximum Gasteiger partial charge on any atom is 0.243 e. The summed E-state index contributed by atoms with van der Waals surface area (Å²) >= 11 is 0. The van der Waals surface area contributed by atoms with E-state index in [9.17, 15) is 13.7 Å². The molecule has 1 aliphatic rings. The monoisotopic (exact) mass is 340 g/mol. The summed E-state index contributed by atoms with van der Waals surface area (Å²) in [5.41, 5.74) is 1.99. The fraction of sp³-hybridized carbons (Fsp3) is 0.316. The van der Waals surface area contributed by atoms with Crippen LogP contribution in [0.1, 0.15) is 23.5 Å². The molecule has 2 atom stereocenters. The van der Waals surface area contributed by atoms with Gasteiger partial charge in [0.2, 0.25) is 10.0 Å². The lowest BCUT2D eigenvalue weighted by atomic mass is 9.87. The summed E-state index contributed by atoms with van der Waals surface area (Å²) in [6.07, 6.45) is 0.707. The van der Waals surface area contributed by atoms with Crippen molar-refractivity contribution in [3.8, 4) is 6.07 Å². The minimum Gasteiger partial charge on any atom is -0.207 e. The molecule has 5 heteroatoms. The van der Waals surface area contributed by atoms with Gasteiger partial charge in [-0.2, -0.15) is 9.57 Å². The smallest absolute Gasteiger partial charge is 0.207 e. The second-order valence-corrected chi connectivity index (χ2v) is 8.18. The molecule has 0 spiro atoms. The lowest BCUT2D eigenvalue weighted by Crippen LogP contribution is -2.29. The Kier molecular flexibility index (Phi) is 4.70. The number of hydrogen-bond donors (Lipinski definition) is 0. The molecule has 1 saturated heterocycles. The highest BCUT2D eigenvalue weighted by atomic mass is 32.2. The summed E-state index contributed by atoms with van der Waals surface area (Å²) in [5.74, 6) is -0.248. The molecule has 2 aromatic carbocycles. The van der Waals surface area contributed by atoms with E-state index in [2.05, 4.69) is 6.07 Å². The van der Waals surface area contributed by atoms with Gasteiger partial charge in [0.05, 0.1) is 16.9 Å². The first-order chi connectivity index (χ1) is 11.5. The molecule has 0 bridgehead atoms. The predicted molar refractivity (Wildman–Crippen MR) is 92.8 cm³/mol. The molecule has 0 aromatic heterocycles. The lowest BCUT2D eigenvalue weighted by molar-refractivity contribution is 0.445. The average Bonchev–Trinajstić information content (AvgIpc) is 3.07. The van der Waals surface area contributed by atoms with Crippen LogP contribution >= 0.6 is 0 Å². The maximum atomic E-state index is 12.8. The minimum absolute atomic E-state index is 0.0256. The summed E-state index contributed by atoms with van der Waals surface area (Å²) in [5, 5.41) is 9.56. The number of benzene rings is 2. The maximum absolute atomic E-state index is 12.8. The van der Waals surface area contributed by atoms with Gasteiger partial charge < -0.3 is 0 Å². The Morgan fingerprint density at radius 2 is 1.79 bits per heavy atom. The third-order valence-electron chi connectivity index (χ3n) is 4.62. The van der Waals surface area contributed by atoms with E-state index in [0.29, 0.717) is 24.4 Å². The first-order valence-electron chi connectivity index (χ1n) is 8.04. The SMILES string of the molecule is Cc1ccc(S(=O)(=O)N2CC[C@H](C(C#N)c3ccccc3)C2)cc1. The fourth-order valence-corrected chi connectivity index (χ4v) is 4.73. The molecular formula is C19H20N2O2S. The van der Waals surface area contributed by atoms with E-state index in [-0.39, 0.29) is 11.8 Å². The first-order valence-corrected chi connectivity index (χ1v) is 9.48. The van der Waals surface area contributed by atoms with Crippen molar-refractivity contribution in [3.05, 3.63) is 65.7 Å². The van der Waals surface area contributed by atoms with Crippen LogP contribution in [0.4, 0.5) is 0 Å². The molecule has 1 unspecified atom stereocenters. The number of nitrogens with zero attached hydrogens (tertiary/aromatic N) is 2. The van der Waals surface area contributed by atoms with Crippen molar-refractivity contribution in [3.63, 3.8) is 0 Å². The molecule has 0 N–H and O–H groups in total. The van der Waals surface area contributed by atoms with Gasteiger partial charge in [-0.1, -0.05) is 48.0 Å². The highest BCUT2D eigenvalue weighted by Crippen LogP contribution is 2.34. The summed E-state index contributed by atoms with van der Waals surface area (Å²) in [6, 6.07) is 18.9. The molecule has 0 radical (unpaired) electrons. The van der Waals surface area contributed by atoms with E-state index in [1.807, 2.05) is 49.4 Å². The van der Waals surface area contributed by atoms with E-state index < -0.39 is 10.0 Å². The van der Waals surface area contributed by atoms with Gasteiger partial charge in [0.25, 0.3) is 0 Å². The molecule has 3 rings (SSSR count). The largest absolute Gasteiger partial charge is 0.243 e. The van der Waals surface area contributed by atoms with Crippen LogP contribution in [0.15, 0.2) is 59.5 Å². The zero-order valence-corrected chi connectivity index (χ0v) is 14.4. The Balaban J connectivity index is 1.80. The van der Waals surface area contributed by atoms with E-state index >= 15 is 0 Å². The van der Waals surface area contributed by atoms with Crippen molar-refractivity contribution in [1.82, 2.24) is 4.31 Å². The minimum atomic E-state index is -3.49. The van der Waals surface area contributed by atoms with Crippen LogP contribution in [0.3, 0.4) is 0 Å². The Morgan fingerprint density at radius 1 is 1.12 bits per heavy atom. The second-order valence-electron chi connectivity index (χ2n) is 6.24. The molecule has 1 fully saturated rings. The topological polar surface area (TPSA) is 61.2 Å². The van der Waals surface area contributed by atoms with Gasteiger partial charge in [-0.3, -0.25) is 0 Å². The molecule has 124 valence electrons. The molecular weight excluding hydrogens is 320 g/mol. The molecule has 0 amide bonds. The highest BCUT2D eigenvalue weighted by molar-refractivity contribution is 7.89. The summed E-state index contributed by atoms with van der Waals surface area (Å²) in [4.78, 5) is 0.321. The molecule has 4 nitrogen and oxygen atoms in total. The van der Waals surface area contributed by atoms with Crippen LogP contribution in [-0.4, -0.2) is 25.8 Å². The van der Waals surface area contributed by atoms with Gasteiger partial charge in [-0.05, 0) is 37.0 Å². The van der Waals surface area contributed by atoms with Crippen LogP contribution in [0.2, 0.25) is 0 Å². The number of hydrogen-bond acceptors (Lipinski definition) is 3. The lowest BCUT2D eigenvalue weighted by Gasteiger charge is -2.19. The van der Waals surface area contributed by atoms with Crippen molar-refractivity contribution in [2.24, 2.45) is 5.92 Å². The van der Waals surface area contributed by atoms with E-state index in [4.69, 9.17) is 0 Å². The van der Waals surface area contributed by atoms with Crippen molar-refractivity contribution in [1.29, 1.82) is 5.26 Å². The van der Waals surface area contributed by atoms with Crippen molar-refractivity contribution >= 4 is 10.0 Å². The normalized spacial score (nSPS) is 19.8. The van der Waals surface area contributed by atoms with Crippen LogP contribution in [0.5, 0.6) is 0 Å². The molecule has 0 saturated carbocycles. The van der Waals surface area contributed by atoms with Crippen molar-refractivity contribution in [2.75, 3.05) is 13.1 Å². The third kappa shape index (κ3) is 3.21. The van der Waals surface area contributed by atoms with Crippen LogP contribution in [0, 0.1) is 24.2 Å². The molecule has 2 aromatic rings. The summed E-state index contributed by atoms with van der Waals surface area (Å²) < 4.78 is 27.1. The average molecular weight is 340 g/mol. The Hall–Kier alpha value is -2.16. The zero-order valence-electron chi connectivity index (χ0n) is 13.6. The van der Waals surface area contributed by atoms with Gasteiger partial charge in [0.1, 0.15) is 0 Å². The third-order valence-corrected chi connectivity index (χ3v) is 6.49. The summed E-state index contributed by atoms with van der Waals surface area (Å²) in [7, 11) is -3.49. The van der Waals surface area contributed by atoms with Crippen molar-refractivity contribution < 1.29 is 8.42 Å². The van der Waals surface area contributed by atoms with Gasteiger partial charge in [0.15, 0.2) is 0 Å². The zero-order chi connectivity index (χ0) is 17.2. The van der Waals surface area contributed by atoms with Crippen LogP contribution < -0.4 is 0 Å². The van der Waals surface area contributed by atoms with Crippen LogP contribution in [-0.2, 0) is 10.0 Å². The predicted octanol–water partition coefficient (Wildman–Crippen LogP) is 3.31. The molecule has 1 heterocycles. The standard InChI is InChI=1S/C19H20N2O2S/c1-15-7-9-18(10-8-15)24(22,23)21-12-11-17(14-21)19(13-20)16-5-3-2-4-6-16/h2-10,17,19H,11-12,14H2,1H3/t17-,19?/m0/s1. The van der Waals surface area contributed by atoms with Gasteiger partial charge in [-0.15, -0.1) is 0 Å². The molecule has 1 aliphatic heterocycles. The Labute approximate surface area is 143 Å². The number of nitriles is 1. The van der Waals surface area contributed by atoms with Gasteiger partial charge >= 0.3 is 0 Å². The fourth-order valence-electron chi connectivity index (χ4n) is 3.22. The highest BCUT2D eigenvalue weighted by Gasteiger charge is 2.36. The Morgan fingerprint density at radius 3 is 2.42 bits per heavy atom. The van der Waals surface area contributed by atoms with E-state index in [1.54, 1.807) is 12.1 Å². The van der Waals surface area contributed by atoms with E-state index in [1.165, 1.54) is 4.31 Å². The molecule has 0 aliphatic carbocycles. The second kappa shape index (κ2) is 6.76. The van der Waals surface area contributed by atoms with E-state index in [0.717, 1.165) is 11.1 Å².